The molecule has 0 amide bonds. The third-order valence-corrected chi connectivity index (χ3v) is 9.59. The Morgan fingerprint density at radius 2 is 0.848 bits per heavy atom. The van der Waals surface area contributed by atoms with Gasteiger partial charge in [0.05, 0.1) is 22.1 Å². The van der Waals surface area contributed by atoms with Crippen LogP contribution in [-0.2, 0) is 0 Å². The summed E-state index contributed by atoms with van der Waals surface area (Å²) in [7, 11) is 0. The lowest BCUT2D eigenvalue weighted by Crippen LogP contribution is -1.92. The molecular formula is C44H26N2. The number of nitrogens with zero attached hydrogens (tertiary/aromatic N) is 2. The van der Waals surface area contributed by atoms with Crippen molar-refractivity contribution in [2.24, 2.45) is 0 Å². The first kappa shape index (κ1) is 25.2. The van der Waals surface area contributed by atoms with Crippen molar-refractivity contribution in [3.63, 3.8) is 0 Å². The molecule has 0 bridgehead atoms. The van der Waals surface area contributed by atoms with Gasteiger partial charge in [0.1, 0.15) is 0 Å². The highest BCUT2D eigenvalue weighted by molar-refractivity contribution is 6.21. The molecule has 0 fully saturated rings. The molecule has 2 heteroatoms. The van der Waals surface area contributed by atoms with Crippen LogP contribution in [0.2, 0.25) is 0 Å². The normalized spacial score (nSPS) is 11.9. The zero-order valence-corrected chi connectivity index (χ0v) is 24.9. The largest absolute Gasteiger partial charge is 0.248 e. The standard InChI is InChI=1S/C44H26N2/c1-4-12-32-27(9-1)21-23-36-42(37-24-22-28-10-2-5-13-33(28)44(37)46-43(32)36)30-19-17-29(18-20-30)38-26-41-39(35-15-7-6-14-34(35)38)25-31-11-3-8-16-40(31)45-41/h1-26H. The van der Waals surface area contributed by atoms with Gasteiger partial charge < -0.3 is 0 Å². The van der Waals surface area contributed by atoms with E-state index < -0.39 is 0 Å². The molecule has 0 atom stereocenters. The molecule has 0 N–H and O–H groups in total. The average molecular weight is 583 g/mol. The highest BCUT2D eigenvalue weighted by Crippen LogP contribution is 2.41. The van der Waals surface area contributed by atoms with Crippen LogP contribution in [0.3, 0.4) is 0 Å². The molecule has 0 radical (unpaired) electrons. The van der Waals surface area contributed by atoms with E-state index in [2.05, 4.69) is 158 Å². The van der Waals surface area contributed by atoms with Crippen LogP contribution in [0.15, 0.2) is 158 Å². The summed E-state index contributed by atoms with van der Waals surface area (Å²) in [5.41, 5.74) is 8.89. The topological polar surface area (TPSA) is 25.8 Å². The lowest BCUT2D eigenvalue weighted by Gasteiger charge is -2.16. The summed E-state index contributed by atoms with van der Waals surface area (Å²) in [6.07, 6.45) is 0. The van der Waals surface area contributed by atoms with Crippen LogP contribution in [0, 0.1) is 0 Å². The van der Waals surface area contributed by atoms with Crippen LogP contribution >= 0.6 is 0 Å². The van der Waals surface area contributed by atoms with E-state index in [1.807, 2.05) is 0 Å². The molecule has 2 nitrogen and oxygen atoms in total. The van der Waals surface area contributed by atoms with Gasteiger partial charge in [0, 0.05) is 37.9 Å². The Labute approximate surface area is 265 Å². The molecule has 0 spiro atoms. The summed E-state index contributed by atoms with van der Waals surface area (Å²) >= 11 is 0. The van der Waals surface area contributed by atoms with E-state index in [-0.39, 0.29) is 0 Å². The van der Waals surface area contributed by atoms with Crippen molar-refractivity contribution in [3.8, 4) is 22.3 Å². The molecule has 0 aliphatic heterocycles. The summed E-state index contributed by atoms with van der Waals surface area (Å²) in [4.78, 5) is 10.5. The van der Waals surface area contributed by atoms with Crippen molar-refractivity contribution in [1.82, 2.24) is 9.97 Å². The van der Waals surface area contributed by atoms with Gasteiger partial charge in [-0.05, 0) is 56.4 Å². The molecular weight excluding hydrogens is 556 g/mol. The molecule has 8 aromatic carbocycles. The zero-order valence-electron chi connectivity index (χ0n) is 24.9. The summed E-state index contributed by atoms with van der Waals surface area (Å²) in [5.74, 6) is 0. The number of hydrogen-bond acceptors (Lipinski definition) is 2. The van der Waals surface area contributed by atoms with Crippen LogP contribution < -0.4 is 0 Å². The third-order valence-electron chi connectivity index (χ3n) is 9.59. The van der Waals surface area contributed by atoms with Gasteiger partial charge >= 0.3 is 0 Å². The molecule has 212 valence electrons. The number of pyridine rings is 2. The first-order valence-electron chi connectivity index (χ1n) is 15.8. The van der Waals surface area contributed by atoms with Crippen LogP contribution in [0.25, 0.3) is 98.2 Å². The summed E-state index contributed by atoms with van der Waals surface area (Å²) in [5, 5.41) is 11.9. The molecule has 46 heavy (non-hydrogen) atoms. The number of para-hydroxylation sites is 1. The molecule has 0 unspecified atom stereocenters. The lowest BCUT2D eigenvalue weighted by molar-refractivity contribution is 1.50. The molecule has 10 rings (SSSR count). The van der Waals surface area contributed by atoms with Gasteiger partial charge in [0.25, 0.3) is 0 Å². The van der Waals surface area contributed by atoms with E-state index in [1.165, 1.54) is 70.7 Å². The van der Waals surface area contributed by atoms with E-state index >= 15 is 0 Å². The minimum absolute atomic E-state index is 1.02. The summed E-state index contributed by atoms with van der Waals surface area (Å²) in [6, 6.07) is 56.8. The lowest BCUT2D eigenvalue weighted by atomic mass is 9.90. The Balaban J connectivity index is 1.23. The molecule has 2 aromatic heterocycles. The highest BCUT2D eigenvalue weighted by atomic mass is 14.7. The van der Waals surface area contributed by atoms with E-state index in [4.69, 9.17) is 9.97 Å². The Morgan fingerprint density at radius 1 is 0.304 bits per heavy atom. The second-order valence-corrected chi connectivity index (χ2v) is 12.1. The number of benzene rings is 8. The maximum atomic E-state index is 5.36. The Morgan fingerprint density at radius 3 is 1.52 bits per heavy atom. The van der Waals surface area contributed by atoms with Crippen molar-refractivity contribution in [3.05, 3.63) is 158 Å². The van der Waals surface area contributed by atoms with E-state index in [1.54, 1.807) is 0 Å². The van der Waals surface area contributed by atoms with Crippen molar-refractivity contribution in [2.45, 2.75) is 0 Å². The van der Waals surface area contributed by atoms with Gasteiger partial charge in [-0.25, -0.2) is 9.97 Å². The van der Waals surface area contributed by atoms with Crippen molar-refractivity contribution in [2.75, 3.05) is 0 Å². The molecule has 0 aliphatic carbocycles. The number of fused-ring (bicyclic) bond motifs is 10. The van der Waals surface area contributed by atoms with Gasteiger partial charge in [0.15, 0.2) is 0 Å². The van der Waals surface area contributed by atoms with Crippen LogP contribution in [0.5, 0.6) is 0 Å². The minimum Gasteiger partial charge on any atom is -0.248 e. The fourth-order valence-corrected chi connectivity index (χ4v) is 7.40. The first-order chi connectivity index (χ1) is 22.8. The van der Waals surface area contributed by atoms with E-state index in [9.17, 15) is 0 Å². The summed E-state index contributed by atoms with van der Waals surface area (Å²) in [6.45, 7) is 0. The van der Waals surface area contributed by atoms with Crippen molar-refractivity contribution < 1.29 is 0 Å². The fourth-order valence-electron chi connectivity index (χ4n) is 7.40. The second-order valence-electron chi connectivity index (χ2n) is 12.1. The van der Waals surface area contributed by atoms with Crippen molar-refractivity contribution >= 4 is 75.9 Å². The SMILES string of the molecule is c1ccc2nc3cc(-c4ccc(-c5c6ccc7ccccc7c6nc6c5ccc5ccccc56)cc4)c4ccccc4c3cc2c1. The Hall–Kier alpha value is -6.12. The van der Waals surface area contributed by atoms with E-state index in [0.29, 0.717) is 0 Å². The fraction of sp³-hybridized carbons (Fsp3) is 0. The van der Waals surface area contributed by atoms with Gasteiger partial charge in [-0.1, -0.05) is 140 Å². The maximum Gasteiger partial charge on any atom is 0.0794 e. The molecule has 0 aliphatic rings. The van der Waals surface area contributed by atoms with Crippen LogP contribution in [0.1, 0.15) is 0 Å². The molecule has 10 aromatic rings. The average Bonchev–Trinajstić information content (AvgIpc) is 3.13. The van der Waals surface area contributed by atoms with Crippen LogP contribution in [-0.4, -0.2) is 9.97 Å². The predicted octanol–water partition coefficient (Wildman–Crippen LogP) is 11.9. The number of hydrogen-bond donors (Lipinski definition) is 0. The maximum absolute atomic E-state index is 5.36. The van der Waals surface area contributed by atoms with Crippen LogP contribution in [0.4, 0.5) is 0 Å². The Bertz CT molecular complexity index is 2760. The Kier molecular flexibility index (Phi) is 5.31. The van der Waals surface area contributed by atoms with Gasteiger partial charge in [-0.3, -0.25) is 0 Å². The predicted molar refractivity (Wildman–Crippen MR) is 195 cm³/mol. The van der Waals surface area contributed by atoms with Gasteiger partial charge in [-0.2, -0.15) is 0 Å². The smallest absolute Gasteiger partial charge is 0.0794 e. The van der Waals surface area contributed by atoms with E-state index in [0.717, 1.165) is 27.5 Å². The number of rotatable bonds is 2. The minimum atomic E-state index is 1.02. The summed E-state index contributed by atoms with van der Waals surface area (Å²) < 4.78 is 0. The van der Waals surface area contributed by atoms with Gasteiger partial charge in [-0.15, -0.1) is 0 Å². The first-order valence-corrected chi connectivity index (χ1v) is 15.8. The molecule has 0 saturated heterocycles. The monoisotopic (exact) mass is 582 g/mol. The second kappa shape index (κ2) is 9.69. The number of aromatic nitrogens is 2. The van der Waals surface area contributed by atoms with Gasteiger partial charge in [0.2, 0.25) is 0 Å². The third kappa shape index (κ3) is 3.71. The highest BCUT2D eigenvalue weighted by Gasteiger charge is 2.16. The molecule has 0 saturated carbocycles. The quantitative estimate of drug-likeness (QED) is 0.150. The molecule has 2 heterocycles. The zero-order chi connectivity index (χ0) is 30.2. The van der Waals surface area contributed by atoms with Crippen molar-refractivity contribution in [1.29, 1.82) is 0 Å².